The summed E-state index contributed by atoms with van der Waals surface area (Å²) in [7, 11) is 1.43. The van der Waals surface area contributed by atoms with Gasteiger partial charge in [0.05, 0.1) is 20.3 Å². The predicted octanol–water partition coefficient (Wildman–Crippen LogP) is 0.655. The van der Waals surface area contributed by atoms with Gasteiger partial charge in [0.15, 0.2) is 34.7 Å². The van der Waals surface area contributed by atoms with E-state index >= 15 is 0 Å². The Morgan fingerprint density at radius 2 is 2.16 bits per heavy atom. The first-order valence-electron chi connectivity index (χ1n) is 10.9. The van der Waals surface area contributed by atoms with E-state index in [1.54, 1.807) is 18.3 Å². The van der Waals surface area contributed by atoms with Crippen molar-refractivity contribution in [3.8, 4) is 11.8 Å². The number of aromatic nitrogens is 5. The van der Waals surface area contributed by atoms with Crippen molar-refractivity contribution in [3.05, 3.63) is 42.5 Å². The van der Waals surface area contributed by atoms with Gasteiger partial charge < -0.3 is 30.2 Å². The number of halogens is 1. The molecular formula is C22H21FN8O6. The molecule has 15 heteroatoms. The molecule has 0 bridgehead atoms. The number of nitrogens with one attached hydrogen (secondary N) is 1. The van der Waals surface area contributed by atoms with Crippen LogP contribution >= 0.6 is 0 Å². The Morgan fingerprint density at radius 3 is 2.95 bits per heavy atom. The van der Waals surface area contributed by atoms with Crippen LogP contribution in [0.5, 0.6) is 6.01 Å². The Labute approximate surface area is 207 Å². The standard InChI is InChI=1S/C22H21FN8O6/c1-22(17(32)19(33)26-11-9-12(23)16-13(10-11)37-29-18(16)24)20(34)30(7-8-36-22)15-4-6-31(28-15)14-3-5-25-21(27-14)35-2/h3-6,9-10,17,32H,7-8H2,1-2H3,(H2,24,29)(H,26,33). The highest BCUT2D eigenvalue weighted by Gasteiger charge is 2.51. The van der Waals surface area contributed by atoms with E-state index in [9.17, 15) is 19.1 Å². The summed E-state index contributed by atoms with van der Waals surface area (Å²) < 4.78 is 31.3. The number of carbonyl (C=O) groups is 2. The summed E-state index contributed by atoms with van der Waals surface area (Å²) in [6.45, 7) is 1.43. The van der Waals surface area contributed by atoms with Crippen LogP contribution in [0.15, 0.2) is 41.2 Å². The van der Waals surface area contributed by atoms with Crippen LogP contribution in [0.25, 0.3) is 16.8 Å². The van der Waals surface area contributed by atoms with Crippen molar-refractivity contribution in [1.82, 2.24) is 24.9 Å². The minimum atomic E-state index is -1.95. The zero-order valence-electron chi connectivity index (χ0n) is 19.6. The van der Waals surface area contributed by atoms with Crippen molar-refractivity contribution in [3.63, 3.8) is 0 Å². The molecule has 192 valence electrons. The number of methoxy groups -OCH3 is 1. The highest BCUT2D eigenvalue weighted by Crippen LogP contribution is 2.30. The van der Waals surface area contributed by atoms with Crippen LogP contribution in [-0.4, -0.2) is 73.8 Å². The first-order chi connectivity index (χ1) is 17.7. The number of anilines is 3. The van der Waals surface area contributed by atoms with Gasteiger partial charge in [0.25, 0.3) is 11.8 Å². The molecule has 5 rings (SSSR count). The number of nitrogens with two attached hydrogens (primary N) is 1. The van der Waals surface area contributed by atoms with E-state index in [1.165, 1.54) is 35.9 Å². The molecule has 0 saturated carbocycles. The summed E-state index contributed by atoms with van der Waals surface area (Å²) in [4.78, 5) is 35.7. The third-order valence-corrected chi connectivity index (χ3v) is 5.86. The average molecular weight is 512 g/mol. The van der Waals surface area contributed by atoms with E-state index in [0.717, 1.165) is 6.07 Å². The SMILES string of the molecule is COc1nccc(-n2ccc(N3CCOC(C)(C(O)C(=O)Nc4cc(F)c5c(N)noc5c4)C3=O)n2)n1. The van der Waals surface area contributed by atoms with E-state index in [-0.39, 0.29) is 47.5 Å². The maximum atomic E-state index is 14.4. The van der Waals surface area contributed by atoms with Crippen molar-refractivity contribution in [2.45, 2.75) is 18.6 Å². The highest BCUT2D eigenvalue weighted by atomic mass is 19.1. The summed E-state index contributed by atoms with van der Waals surface area (Å²) in [5, 5.41) is 21.0. The molecule has 1 fully saturated rings. The zero-order valence-corrected chi connectivity index (χ0v) is 19.6. The normalized spacial score (nSPS) is 18.7. The van der Waals surface area contributed by atoms with Crippen molar-refractivity contribution < 1.29 is 33.1 Å². The second kappa shape index (κ2) is 9.11. The van der Waals surface area contributed by atoms with Crippen LogP contribution in [0.3, 0.4) is 0 Å². The van der Waals surface area contributed by atoms with Gasteiger partial charge in [-0.15, -0.1) is 5.10 Å². The van der Waals surface area contributed by atoms with Crippen molar-refractivity contribution in [2.75, 3.05) is 36.2 Å². The highest BCUT2D eigenvalue weighted by molar-refractivity contribution is 6.06. The molecule has 1 saturated heterocycles. The van der Waals surface area contributed by atoms with Crippen molar-refractivity contribution in [2.24, 2.45) is 0 Å². The molecule has 1 aliphatic rings. The summed E-state index contributed by atoms with van der Waals surface area (Å²) in [6, 6.07) is 5.61. The Bertz CT molecular complexity index is 1510. The molecule has 14 nitrogen and oxygen atoms in total. The Hall–Kier alpha value is -4.63. The van der Waals surface area contributed by atoms with Gasteiger partial charge in [0.2, 0.25) is 0 Å². The summed E-state index contributed by atoms with van der Waals surface area (Å²) in [6.07, 6.45) is 1.13. The first-order valence-corrected chi connectivity index (χ1v) is 10.9. The fraction of sp³-hybridized carbons (Fsp3) is 0.273. The number of aliphatic hydroxyl groups is 1. The quantitative estimate of drug-likeness (QED) is 0.330. The average Bonchev–Trinajstić information content (AvgIpc) is 3.52. The van der Waals surface area contributed by atoms with Gasteiger partial charge in [-0.05, 0) is 13.0 Å². The van der Waals surface area contributed by atoms with Crippen LogP contribution in [0, 0.1) is 5.82 Å². The van der Waals surface area contributed by atoms with Crippen molar-refractivity contribution >= 4 is 40.1 Å². The molecule has 3 aromatic heterocycles. The predicted molar refractivity (Wildman–Crippen MR) is 125 cm³/mol. The molecule has 4 N–H and O–H groups in total. The lowest BCUT2D eigenvalue weighted by molar-refractivity contribution is -0.170. The second-order valence-electron chi connectivity index (χ2n) is 8.22. The first kappa shape index (κ1) is 24.1. The topological polar surface area (TPSA) is 184 Å². The number of benzene rings is 1. The molecule has 4 heterocycles. The number of fused-ring (bicyclic) bond motifs is 1. The van der Waals surface area contributed by atoms with Gasteiger partial charge in [0.1, 0.15) is 11.2 Å². The van der Waals surface area contributed by atoms with Crippen LogP contribution in [0.4, 0.5) is 21.7 Å². The van der Waals surface area contributed by atoms with E-state index in [0.29, 0.717) is 5.82 Å². The molecule has 0 radical (unpaired) electrons. The molecule has 37 heavy (non-hydrogen) atoms. The molecule has 1 aliphatic heterocycles. The molecule has 4 aromatic rings. The number of nitrogens with zero attached hydrogens (tertiary/aromatic N) is 6. The van der Waals surface area contributed by atoms with E-state index in [4.69, 9.17) is 19.7 Å². The van der Waals surface area contributed by atoms with Gasteiger partial charge >= 0.3 is 6.01 Å². The number of morpholine rings is 1. The maximum absolute atomic E-state index is 14.4. The summed E-state index contributed by atoms with van der Waals surface area (Å²) >= 11 is 0. The largest absolute Gasteiger partial charge is 0.467 e. The Morgan fingerprint density at radius 1 is 1.35 bits per heavy atom. The summed E-state index contributed by atoms with van der Waals surface area (Å²) in [5.74, 6) is -1.96. The molecule has 2 amide bonds. The Kier molecular flexibility index (Phi) is 5.93. The maximum Gasteiger partial charge on any atom is 0.318 e. The third kappa shape index (κ3) is 4.19. The number of carbonyl (C=O) groups excluding carboxylic acids is 2. The van der Waals surface area contributed by atoms with Crippen LogP contribution in [0.1, 0.15) is 6.92 Å². The number of aliphatic hydroxyl groups excluding tert-OH is 1. The van der Waals surface area contributed by atoms with E-state index in [1.807, 2.05) is 0 Å². The lowest BCUT2D eigenvalue weighted by atomic mass is 9.94. The third-order valence-electron chi connectivity index (χ3n) is 5.86. The van der Waals surface area contributed by atoms with Crippen LogP contribution < -0.4 is 20.7 Å². The van der Waals surface area contributed by atoms with Crippen LogP contribution in [0.2, 0.25) is 0 Å². The second-order valence-corrected chi connectivity index (χ2v) is 8.22. The number of hydrogen-bond acceptors (Lipinski definition) is 11. The minimum absolute atomic E-state index is 0.00145. The molecule has 1 aromatic carbocycles. The number of nitrogen functional groups attached to an aromatic ring is 1. The van der Waals surface area contributed by atoms with Gasteiger partial charge in [0, 0.05) is 36.3 Å². The number of hydrogen-bond donors (Lipinski definition) is 3. The van der Waals surface area contributed by atoms with Crippen molar-refractivity contribution in [1.29, 1.82) is 0 Å². The van der Waals surface area contributed by atoms with E-state index in [2.05, 4.69) is 25.5 Å². The smallest absolute Gasteiger partial charge is 0.318 e. The number of rotatable bonds is 6. The molecule has 2 atom stereocenters. The van der Waals surface area contributed by atoms with Gasteiger partial charge in [-0.2, -0.15) is 4.98 Å². The fourth-order valence-electron chi connectivity index (χ4n) is 3.92. The summed E-state index contributed by atoms with van der Waals surface area (Å²) in [5.41, 5.74) is 3.58. The zero-order chi connectivity index (χ0) is 26.3. The number of amides is 2. The monoisotopic (exact) mass is 512 g/mol. The molecule has 0 aliphatic carbocycles. The van der Waals surface area contributed by atoms with E-state index < -0.39 is 29.3 Å². The van der Waals surface area contributed by atoms with Crippen LogP contribution in [-0.2, 0) is 14.3 Å². The Balaban J connectivity index is 1.35. The van der Waals surface area contributed by atoms with Gasteiger partial charge in [-0.25, -0.2) is 14.1 Å². The molecular weight excluding hydrogens is 491 g/mol. The lowest BCUT2D eigenvalue weighted by Crippen LogP contribution is -2.63. The fourth-order valence-corrected chi connectivity index (χ4v) is 3.92. The van der Waals surface area contributed by atoms with Gasteiger partial charge in [-0.1, -0.05) is 5.16 Å². The minimum Gasteiger partial charge on any atom is -0.467 e. The number of ether oxygens (including phenoxy) is 2. The molecule has 2 unspecified atom stereocenters. The molecule has 0 spiro atoms. The lowest BCUT2D eigenvalue weighted by Gasteiger charge is -2.40. The van der Waals surface area contributed by atoms with Gasteiger partial charge in [-0.3, -0.25) is 14.5 Å².